The van der Waals surface area contributed by atoms with Gasteiger partial charge in [-0.3, -0.25) is 4.79 Å². The fraction of sp³-hybridized carbons (Fsp3) is 0.500. The summed E-state index contributed by atoms with van der Waals surface area (Å²) in [6.45, 7) is 4.50. The van der Waals surface area contributed by atoms with E-state index in [1.54, 1.807) is 18.0 Å². The molecule has 0 bridgehead atoms. The molecule has 0 aliphatic carbocycles. The van der Waals surface area contributed by atoms with Gasteiger partial charge in [-0.05, 0) is 30.5 Å². The molecule has 0 aliphatic heterocycles. The number of carbonyl (C=O) groups excluding carboxylic acids is 1. The van der Waals surface area contributed by atoms with Gasteiger partial charge in [-0.15, -0.1) is 0 Å². The molecule has 3 heteroatoms. The Kier molecular flexibility index (Phi) is 5.13. The Balaban J connectivity index is 2.65. The first-order valence-corrected chi connectivity index (χ1v) is 6.07. The number of amides is 1. The molecular weight excluding hydrogens is 217 g/mol. The molecule has 0 heterocycles. The molecule has 17 heavy (non-hydrogen) atoms. The number of benzene rings is 1. The molecule has 0 atom stereocenters. The maximum absolute atomic E-state index is 13.0. The third-order valence-corrected chi connectivity index (χ3v) is 3.02. The topological polar surface area (TPSA) is 20.3 Å². The number of carbonyl (C=O) groups is 1. The molecule has 0 spiro atoms. The lowest BCUT2D eigenvalue weighted by molar-refractivity contribution is -0.134. The van der Waals surface area contributed by atoms with Crippen LogP contribution < -0.4 is 0 Å². The van der Waals surface area contributed by atoms with Crippen molar-refractivity contribution < 1.29 is 9.18 Å². The van der Waals surface area contributed by atoms with Gasteiger partial charge in [0.05, 0.1) is 0 Å². The van der Waals surface area contributed by atoms with Gasteiger partial charge in [-0.1, -0.05) is 26.0 Å². The summed E-state index contributed by atoms with van der Waals surface area (Å²) in [6, 6.07) is 6.38. The number of halogens is 1. The van der Waals surface area contributed by atoms with Gasteiger partial charge < -0.3 is 4.90 Å². The second kappa shape index (κ2) is 6.38. The van der Waals surface area contributed by atoms with Crippen molar-refractivity contribution in [2.45, 2.75) is 33.2 Å². The molecule has 0 aromatic heterocycles. The molecule has 1 aromatic carbocycles. The Hall–Kier alpha value is -1.38. The maximum atomic E-state index is 13.0. The van der Waals surface area contributed by atoms with E-state index in [9.17, 15) is 9.18 Å². The minimum Gasteiger partial charge on any atom is -0.341 e. The predicted octanol–water partition coefficient (Wildman–Crippen LogP) is 3.22. The summed E-state index contributed by atoms with van der Waals surface area (Å²) in [7, 11) is 1.77. The van der Waals surface area contributed by atoms with E-state index in [-0.39, 0.29) is 17.6 Å². The summed E-state index contributed by atoms with van der Waals surface area (Å²) in [5.74, 6) is -0.0429. The molecule has 0 aliphatic rings. The average Bonchev–Trinajstić information content (AvgIpc) is 2.30. The normalized spacial score (nSPS) is 10.6. The largest absolute Gasteiger partial charge is 0.341 e. The molecule has 1 amide bonds. The quantitative estimate of drug-likeness (QED) is 0.770. The Morgan fingerprint density at radius 2 is 2.00 bits per heavy atom. The zero-order valence-electron chi connectivity index (χ0n) is 10.7. The summed E-state index contributed by atoms with van der Waals surface area (Å²) in [6.07, 6.45) is 1.70. The smallest absolute Gasteiger partial charge is 0.225 e. The van der Waals surface area contributed by atoms with Gasteiger partial charge in [0.2, 0.25) is 5.91 Å². The molecule has 1 aromatic rings. The highest BCUT2D eigenvalue weighted by molar-refractivity contribution is 5.78. The van der Waals surface area contributed by atoms with Crippen molar-refractivity contribution in [1.82, 2.24) is 4.90 Å². The van der Waals surface area contributed by atoms with E-state index >= 15 is 0 Å². The van der Waals surface area contributed by atoms with Crippen molar-refractivity contribution in [1.29, 1.82) is 0 Å². The fourth-order valence-corrected chi connectivity index (χ4v) is 1.94. The lowest BCUT2D eigenvalue weighted by Crippen LogP contribution is -2.32. The highest BCUT2D eigenvalue weighted by atomic mass is 19.1. The number of nitrogens with zero attached hydrogens (tertiary/aromatic N) is 1. The molecule has 0 saturated carbocycles. The van der Waals surface area contributed by atoms with Gasteiger partial charge >= 0.3 is 0 Å². The summed E-state index contributed by atoms with van der Waals surface area (Å²) < 4.78 is 13.0. The minimum absolute atomic E-state index is 0.0774. The summed E-state index contributed by atoms with van der Waals surface area (Å²) in [5.41, 5.74) is 0.826. The number of hydrogen-bond donors (Lipinski definition) is 0. The molecule has 0 saturated heterocycles. The molecule has 0 fully saturated rings. The van der Waals surface area contributed by atoms with E-state index in [1.807, 2.05) is 19.9 Å². The van der Waals surface area contributed by atoms with Crippen LogP contribution in [-0.4, -0.2) is 17.9 Å². The average molecular weight is 237 g/mol. The van der Waals surface area contributed by atoms with Crippen molar-refractivity contribution in [2.24, 2.45) is 5.92 Å². The van der Waals surface area contributed by atoms with Gasteiger partial charge in [0.1, 0.15) is 5.82 Å². The molecule has 0 radical (unpaired) electrons. The van der Waals surface area contributed by atoms with Gasteiger partial charge in [0, 0.05) is 19.5 Å². The van der Waals surface area contributed by atoms with Crippen LogP contribution in [0.1, 0.15) is 32.3 Å². The lowest BCUT2D eigenvalue weighted by Gasteiger charge is -2.22. The minimum atomic E-state index is -0.258. The van der Waals surface area contributed by atoms with Crippen LogP contribution in [0.5, 0.6) is 0 Å². The first-order valence-electron chi connectivity index (χ1n) is 6.07. The van der Waals surface area contributed by atoms with E-state index in [4.69, 9.17) is 0 Å². The molecule has 0 N–H and O–H groups in total. The second-order valence-corrected chi connectivity index (χ2v) is 4.34. The van der Waals surface area contributed by atoms with E-state index in [2.05, 4.69) is 0 Å². The van der Waals surface area contributed by atoms with Crippen LogP contribution in [0.4, 0.5) is 4.39 Å². The van der Waals surface area contributed by atoms with Crippen LogP contribution >= 0.6 is 0 Å². The predicted molar refractivity (Wildman–Crippen MR) is 66.9 cm³/mol. The molecule has 1 rings (SSSR count). The van der Waals surface area contributed by atoms with Crippen molar-refractivity contribution in [3.63, 3.8) is 0 Å². The number of rotatable bonds is 5. The molecule has 0 unspecified atom stereocenters. The van der Waals surface area contributed by atoms with Crippen molar-refractivity contribution in [3.05, 3.63) is 35.6 Å². The first kappa shape index (κ1) is 13.7. The lowest BCUT2D eigenvalue weighted by atomic mass is 10.0. The Morgan fingerprint density at radius 1 is 1.35 bits per heavy atom. The van der Waals surface area contributed by atoms with E-state index in [0.717, 1.165) is 18.4 Å². The molecule has 94 valence electrons. The van der Waals surface area contributed by atoms with Gasteiger partial charge in [0.25, 0.3) is 0 Å². The zero-order chi connectivity index (χ0) is 12.8. The Morgan fingerprint density at radius 3 is 2.53 bits per heavy atom. The van der Waals surface area contributed by atoms with Crippen LogP contribution in [0.3, 0.4) is 0 Å². The molecular formula is C14H20FNO. The fourth-order valence-electron chi connectivity index (χ4n) is 1.94. The standard InChI is InChI=1S/C14H20FNO/c1-4-12(5-2)14(17)16(3)10-11-7-6-8-13(15)9-11/h6-9,12H,4-5,10H2,1-3H3. The van der Waals surface area contributed by atoms with E-state index in [1.165, 1.54) is 12.1 Å². The maximum Gasteiger partial charge on any atom is 0.225 e. The first-order chi connectivity index (χ1) is 8.08. The Labute approximate surface area is 102 Å². The van der Waals surface area contributed by atoms with E-state index < -0.39 is 0 Å². The number of hydrogen-bond acceptors (Lipinski definition) is 1. The van der Waals surface area contributed by atoms with Gasteiger partial charge in [-0.25, -0.2) is 4.39 Å². The summed E-state index contributed by atoms with van der Waals surface area (Å²) >= 11 is 0. The SMILES string of the molecule is CCC(CC)C(=O)N(C)Cc1cccc(F)c1. The summed E-state index contributed by atoms with van der Waals surface area (Å²) in [4.78, 5) is 13.7. The van der Waals surface area contributed by atoms with Gasteiger partial charge in [0.15, 0.2) is 0 Å². The zero-order valence-corrected chi connectivity index (χ0v) is 10.7. The van der Waals surface area contributed by atoms with E-state index in [0.29, 0.717) is 6.54 Å². The van der Waals surface area contributed by atoms with Crippen LogP contribution in [0.25, 0.3) is 0 Å². The van der Waals surface area contributed by atoms with Gasteiger partial charge in [-0.2, -0.15) is 0 Å². The van der Waals surface area contributed by atoms with Crippen LogP contribution in [0, 0.1) is 11.7 Å². The highest BCUT2D eigenvalue weighted by Crippen LogP contribution is 2.13. The highest BCUT2D eigenvalue weighted by Gasteiger charge is 2.18. The Bertz CT molecular complexity index is 374. The van der Waals surface area contributed by atoms with Crippen molar-refractivity contribution in [3.8, 4) is 0 Å². The summed E-state index contributed by atoms with van der Waals surface area (Å²) in [5, 5.41) is 0. The second-order valence-electron chi connectivity index (χ2n) is 4.34. The van der Waals surface area contributed by atoms with Crippen molar-refractivity contribution >= 4 is 5.91 Å². The van der Waals surface area contributed by atoms with Crippen LogP contribution in [0.2, 0.25) is 0 Å². The monoisotopic (exact) mass is 237 g/mol. The van der Waals surface area contributed by atoms with Crippen LogP contribution in [-0.2, 0) is 11.3 Å². The third kappa shape index (κ3) is 3.84. The van der Waals surface area contributed by atoms with Crippen molar-refractivity contribution in [2.75, 3.05) is 7.05 Å². The molecule has 2 nitrogen and oxygen atoms in total. The third-order valence-electron chi connectivity index (χ3n) is 3.02. The van der Waals surface area contributed by atoms with Crippen LogP contribution in [0.15, 0.2) is 24.3 Å².